The van der Waals surface area contributed by atoms with Crippen molar-refractivity contribution in [1.29, 1.82) is 0 Å². The van der Waals surface area contributed by atoms with E-state index in [-0.39, 0.29) is 0 Å². The third-order valence-electron chi connectivity index (χ3n) is 3.93. The normalized spacial score (nSPS) is 23.6. The lowest BCUT2D eigenvalue weighted by atomic mass is 10.1. The van der Waals surface area contributed by atoms with Crippen LogP contribution in [-0.4, -0.2) is 79.8 Å². The molecule has 8 nitrogen and oxygen atoms in total. The van der Waals surface area contributed by atoms with Gasteiger partial charge in [-0.3, -0.25) is 29.7 Å². The Labute approximate surface area is 135 Å². The highest BCUT2D eigenvalue weighted by Gasteiger charge is 2.38. The quantitative estimate of drug-likeness (QED) is 0.521. The van der Waals surface area contributed by atoms with E-state index < -0.39 is 23.8 Å². The van der Waals surface area contributed by atoms with Crippen molar-refractivity contribution in [3.8, 4) is 0 Å². The molecule has 0 aromatic carbocycles. The van der Waals surface area contributed by atoms with Crippen LogP contribution < -0.4 is 5.32 Å². The predicted molar refractivity (Wildman–Crippen MR) is 84.3 cm³/mol. The Hall–Kier alpha value is -1.80. The average molecular weight is 324 g/mol. The van der Waals surface area contributed by atoms with E-state index in [2.05, 4.69) is 15.2 Å². The third-order valence-corrected chi connectivity index (χ3v) is 3.93. The number of amides is 4. The summed E-state index contributed by atoms with van der Waals surface area (Å²) in [6.07, 6.45) is 2.95. The Bertz CT molecular complexity index is 474. The summed E-state index contributed by atoms with van der Waals surface area (Å²) in [5.74, 6) is -2.08. The van der Waals surface area contributed by atoms with Crippen LogP contribution in [0.5, 0.6) is 0 Å². The van der Waals surface area contributed by atoms with Gasteiger partial charge in [0.1, 0.15) is 0 Å². The fraction of sp³-hybridized carbons (Fsp3) is 0.733. The molecule has 128 valence electrons. The third kappa shape index (κ3) is 4.84. The van der Waals surface area contributed by atoms with Crippen molar-refractivity contribution >= 4 is 24.1 Å². The van der Waals surface area contributed by atoms with E-state index in [1.165, 1.54) is 6.21 Å². The van der Waals surface area contributed by atoms with Gasteiger partial charge >= 0.3 is 6.03 Å². The monoisotopic (exact) mass is 324 g/mol. The van der Waals surface area contributed by atoms with Gasteiger partial charge in [-0.25, -0.2) is 4.79 Å². The minimum Gasteiger partial charge on any atom is -0.379 e. The number of rotatable bonds is 7. The lowest BCUT2D eigenvalue weighted by molar-refractivity contribution is -0.139. The molecule has 2 aliphatic rings. The molecule has 0 radical (unpaired) electrons. The Balaban J connectivity index is 1.86. The molecule has 0 unspecified atom stereocenters. The van der Waals surface area contributed by atoms with Gasteiger partial charge in [0.2, 0.25) is 11.8 Å². The number of ether oxygens (including phenoxy) is 1. The van der Waals surface area contributed by atoms with Crippen LogP contribution in [0.1, 0.15) is 19.8 Å². The molecular weight excluding hydrogens is 300 g/mol. The molecule has 2 saturated heterocycles. The van der Waals surface area contributed by atoms with Crippen molar-refractivity contribution < 1.29 is 19.1 Å². The Morgan fingerprint density at radius 2 is 2.00 bits per heavy atom. The van der Waals surface area contributed by atoms with Crippen molar-refractivity contribution in [3.05, 3.63) is 0 Å². The van der Waals surface area contributed by atoms with E-state index in [9.17, 15) is 14.4 Å². The van der Waals surface area contributed by atoms with Crippen molar-refractivity contribution in [3.63, 3.8) is 0 Å². The van der Waals surface area contributed by atoms with Crippen LogP contribution in [0, 0.1) is 5.92 Å². The molecule has 1 atom stereocenters. The first-order valence-corrected chi connectivity index (χ1v) is 8.09. The number of imide groups is 2. The molecule has 2 aliphatic heterocycles. The second kappa shape index (κ2) is 8.73. The number of carbonyl (C=O) groups excluding carboxylic acids is 3. The molecule has 0 aromatic rings. The second-order valence-electron chi connectivity index (χ2n) is 5.62. The maximum atomic E-state index is 12.3. The number of morpholine rings is 1. The molecule has 2 rings (SSSR count). The molecule has 1 N–H and O–H groups in total. The summed E-state index contributed by atoms with van der Waals surface area (Å²) in [7, 11) is 0. The topological polar surface area (TPSA) is 91.3 Å². The van der Waals surface area contributed by atoms with Gasteiger partial charge in [0.05, 0.1) is 19.8 Å². The molecule has 23 heavy (non-hydrogen) atoms. The summed E-state index contributed by atoms with van der Waals surface area (Å²) in [6, 6.07) is -0.633. The van der Waals surface area contributed by atoms with Crippen molar-refractivity contribution in [2.24, 2.45) is 10.9 Å². The van der Waals surface area contributed by atoms with Crippen LogP contribution in [0.3, 0.4) is 0 Å². The predicted octanol–water partition coefficient (Wildman–Crippen LogP) is -0.116. The molecule has 0 aliphatic carbocycles. The minimum absolute atomic E-state index is 0.326. The van der Waals surface area contributed by atoms with Gasteiger partial charge in [-0.1, -0.05) is 13.3 Å². The summed E-state index contributed by atoms with van der Waals surface area (Å²) >= 11 is 0. The smallest absolute Gasteiger partial charge is 0.330 e. The molecule has 2 fully saturated rings. The number of barbiturate groups is 1. The Morgan fingerprint density at radius 1 is 1.26 bits per heavy atom. The van der Waals surface area contributed by atoms with Gasteiger partial charge in [-0.2, -0.15) is 0 Å². The Morgan fingerprint density at radius 3 is 2.70 bits per heavy atom. The number of hydrogen-bond donors (Lipinski definition) is 1. The van der Waals surface area contributed by atoms with Crippen molar-refractivity contribution in [1.82, 2.24) is 15.1 Å². The van der Waals surface area contributed by atoms with E-state index in [1.807, 2.05) is 6.92 Å². The highest BCUT2D eigenvalue weighted by atomic mass is 16.5. The number of nitrogens with zero attached hydrogens (tertiary/aromatic N) is 3. The van der Waals surface area contributed by atoms with Gasteiger partial charge in [-0.15, -0.1) is 0 Å². The minimum atomic E-state index is -1.01. The van der Waals surface area contributed by atoms with E-state index in [0.29, 0.717) is 19.5 Å². The number of carbonyl (C=O) groups is 3. The number of urea groups is 1. The number of hydrogen-bond acceptors (Lipinski definition) is 6. The Kier molecular flexibility index (Phi) is 6.66. The highest BCUT2D eigenvalue weighted by molar-refractivity contribution is 6.23. The lowest BCUT2D eigenvalue weighted by Crippen LogP contribution is -2.58. The first-order chi connectivity index (χ1) is 11.1. The second-order valence-corrected chi connectivity index (χ2v) is 5.62. The van der Waals surface area contributed by atoms with Gasteiger partial charge in [-0.05, 0) is 6.42 Å². The van der Waals surface area contributed by atoms with Crippen LogP contribution in [0.15, 0.2) is 4.99 Å². The SMILES string of the molecule is CCCCN1C(=O)NC(=O)[C@@H](C=NCCN2CCOCC2)C1=O. The van der Waals surface area contributed by atoms with Crippen LogP contribution in [0.25, 0.3) is 0 Å². The summed E-state index contributed by atoms with van der Waals surface area (Å²) in [5.41, 5.74) is 0. The molecule has 0 saturated carbocycles. The van der Waals surface area contributed by atoms with Crippen molar-refractivity contribution in [2.45, 2.75) is 19.8 Å². The van der Waals surface area contributed by atoms with Gasteiger partial charge in [0.15, 0.2) is 5.92 Å². The first-order valence-electron chi connectivity index (χ1n) is 8.09. The summed E-state index contributed by atoms with van der Waals surface area (Å²) in [5, 5.41) is 2.22. The number of nitrogens with one attached hydrogen (secondary N) is 1. The lowest BCUT2D eigenvalue weighted by Gasteiger charge is -2.28. The molecule has 0 bridgehead atoms. The van der Waals surface area contributed by atoms with Crippen LogP contribution in [-0.2, 0) is 14.3 Å². The van der Waals surface area contributed by atoms with Gasteiger partial charge in [0, 0.05) is 32.4 Å². The fourth-order valence-corrected chi connectivity index (χ4v) is 2.49. The molecular formula is C15H24N4O4. The zero-order valence-electron chi connectivity index (χ0n) is 13.5. The van der Waals surface area contributed by atoms with Crippen LogP contribution in [0.4, 0.5) is 4.79 Å². The maximum Gasteiger partial charge on any atom is 0.330 e. The highest BCUT2D eigenvalue weighted by Crippen LogP contribution is 2.10. The van der Waals surface area contributed by atoms with Crippen molar-refractivity contribution in [2.75, 3.05) is 45.9 Å². The molecule has 0 aromatic heterocycles. The maximum absolute atomic E-state index is 12.3. The summed E-state index contributed by atoms with van der Waals surface area (Å²) in [4.78, 5) is 43.3. The van der Waals surface area contributed by atoms with E-state index in [4.69, 9.17) is 4.74 Å². The molecule has 0 spiro atoms. The van der Waals surface area contributed by atoms with Gasteiger partial charge < -0.3 is 4.74 Å². The standard InChI is InChI=1S/C15H24N4O4/c1-2-3-5-19-14(21)12(13(20)17-15(19)22)11-16-4-6-18-7-9-23-10-8-18/h11-12H,2-10H2,1H3,(H,17,20,22)/t12-/m1/s1. The number of aliphatic imine (C=N–C) groups is 1. The van der Waals surface area contributed by atoms with E-state index >= 15 is 0 Å². The zero-order chi connectivity index (χ0) is 16.7. The molecule has 2 heterocycles. The van der Waals surface area contributed by atoms with Crippen LogP contribution >= 0.6 is 0 Å². The average Bonchev–Trinajstić information content (AvgIpc) is 2.54. The zero-order valence-corrected chi connectivity index (χ0v) is 13.5. The fourth-order valence-electron chi connectivity index (χ4n) is 2.49. The van der Waals surface area contributed by atoms with Crippen LogP contribution in [0.2, 0.25) is 0 Å². The first kappa shape index (κ1) is 17.6. The summed E-state index contributed by atoms with van der Waals surface area (Å²) < 4.78 is 5.27. The van der Waals surface area contributed by atoms with E-state index in [1.54, 1.807) is 0 Å². The molecule has 8 heteroatoms. The molecule has 4 amide bonds. The number of unbranched alkanes of at least 4 members (excludes halogenated alkanes) is 1. The van der Waals surface area contributed by atoms with Gasteiger partial charge in [0.25, 0.3) is 0 Å². The summed E-state index contributed by atoms with van der Waals surface area (Å²) in [6.45, 7) is 6.77. The van der Waals surface area contributed by atoms with E-state index in [0.717, 1.165) is 44.2 Å². The largest absolute Gasteiger partial charge is 0.379 e.